The van der Waals surface area contributed by atoms with Crippen molar-refractivity contribution in [3.05, 3.63) is 70.2 Å². The number of nitrogens with one attached hydrogen (secondary N) is 1. The normalized spacial score (nSPS) is 12.1. The summed E-state index contributed by atoms with van der Waals surface area (Å²) in [5, 5.41) is 1.15. The maximum Gasteiger partial charge on any atom is 0.215 e. The van der Waals surface area contributed by atoms with Gasteiger partial charge in [-0.25, -0.2) is 4.98 Å². The Hall–Kier alpha value is -2.24. The highest BCUT2D eigenvalue weighted by Gasteiger charge is 2.18. The molecule has 1 unspecified atom stereocenters. The van der Waals surface area contributed by atoms with Crippen LogP contribution in [0.25, 0.3) is 0 Å². The number of hydrogen-bond donors (Lipinski definition) is 2. The van der Waals surface area contributed by atoms with Crippen molar-refractivity contribution >= 4 is 29.0 Å². The van der Waals surface area contributed by atoms with Crippen molar-refractivity contribution in [3.63, 3.8) is 0 Å². The number of ether oxygens (including phenoxy) is 1. The van der Waals surface area contributed by atoms with Crippen molar-refractivity contribution in [1.82, 2.24) is 15.0 Å². The molecule has 0 amide bonds. The summed E-state index contributed by atoms with van der Waals surface area (Å²) < 4.78 is 5.95. The largest absolute Gasteiger partial charge is 0.466 e. The Morgan fingerprint density at radius 2 is 1.96 bits per heavy atom. The van der Waals surface area contributed by atoms with Crippen LogP contribution < -0.4 is 10.5 Å². The summed E-state index contributed by atoms with van der Waals surface area (Å²) in [4.78, 5) is 11.5. The molecule has 0 bridgehead atoms. The number of anilines is 1. The van der Waals surface area contributed by atoms with Gasteiger partial charge in [0.05, 0.1) is 0 Å². The molecule has 0 spiro atoms. The smallest absolute Gasteiger partial charge is 0.215 e. The molecular weight excluding hydrogens is 335 g/mol. The number of aromatic amines is 1. The van der Waals surface area contributed by atoms with E-state index in [1.807, 2.05) is 12.1 Å². The first-order valence-electron chi connectivity index (χ1n) is 6.93. The Balaban J connectivity index is 1.87. The molecular formula is C16H14Cl2N4O. The van der Waals surface area contributed by atoms with Crippen LogP contribution in [0.15, 0.2) is 48.8 Å². The van der Waals surface area contributed by atoms with Crippen molar-refractivity contribution in [2.45, 2.75) is 12.5 Å². The number of H-pyrrole nitrogens is 1. The van der Waals surface area contributed by atoms with Gasteiger partial charge in [-0.15, -0.1) is 0 Å². The number of nitrogens with zero attached hydrogens (tertiary/aromatic N) is 2. The lowest BCUT2D eigenvalue weighted by molar-refractivity contribution is 0.189. The Morgan fingerprint density at radius 1 is 1.17 bits per heavy atom. The van der Waals surface area contributed by atoms with Gasteiger partial charge in [-0.3, -0.25) is 0 Å². The Morgan fingerprint density at radius 3 is 2.61 bits per heavy atom. The molecule has 7 heteroatoms. The molecule has 23 heavy (non-hydrogen) atoms. The topological polar surface area (TPSA) is 76.8 Å². The van der Waals surface area contributed by atoms with Crippen molar-refractivity contribution < 1.29 is 4.74 Å². The van der Waals surface area contributed by atoms with Crippen LogP contribution in [0.4, 0.5) is 5.82 Å². The zero-order valence-corrected chi connectivity index (χ0v) is 13.6. The summed E-state index contributed by atoms with van der Waals surface area (Å²) in [5.74, 6) is 1.51. The van der Waals surface area contributed by atoms with Crippen LogP contribution in [0.2, 0.25) is 10.0 Å². The van der Waals surface area contributed by atoms with E-state index in [1.54, 1.807) is 36.7 Å². The third-order valence-electron chi connectivity index (χ3n) is 3.18. The van der Waals surface area contributed by atoms with Gasteiger partial charge in [-0.2, -0.15) is 4.98 Å². The average molecular weight is 349 g/mol. The second-order valence-electron chi connectivity index (χ2n) is 4.96. The van der Waals surface area contributed by atoms with E-state index in [9.17, 15) is 0 Å². The van der Waals surface area contributed by atoms with E-state index in [2.05, 4.69) is 15.0 Å². The molecule has 3 aromatic rings. The first-order chi connectivity index (χ1) is 11.1. The number of halogens is 2. The van der Waals surface area contributed by atoms with Crippen molar-refractivity contribution in [2.75, 3.05) is 5.73 Å². The van der Waals surface area contributed by atoms with Crippen LogP contribution in [0.1, 0.15) is 17.5 Å². The molecule has 0 aliphatic rings. The van der Waals surface area contributed by atoms with E-state index >= 15 is 0 Å². The lowest BCUT2D eigenvalue weighted by Crippen LogP contribution is -2.13. The van der Waals surface area contributed by atoms with Gasteiger partial charge in [0.15, 0.2) is 6.10 Å². The summed E-state index contributed by atoms with van der Waals surface area (Å²) in [6.45, 7) is 0. The molecule has 0 saturated heterocycles. The zero-order chi connectivity index (χ0) is 16.2. The number of aromatic nitrogens is 3. The number of imidazole rings is 1. The molecule has 3 N–H and O–H groups in total. The number of pyridine rings is 1. The summed E-state index contributed by atoms with van der Waals surface area (Å²) in [5.41, 5.74) is 6.63. The van der Waals surface area contributed by atoms with Crippen molar-refractivity contribution in [3.8, 4) is 5.88 Å². The second kappa shape index (κ2) is 6.89. The molecule has 2 aromatic heterocycles. The molecule has 118 valence electrons. The van der Waals surface area contributed by atoms with Crippen molar-refractivity contribution in [1.29, 1.82) is 0 Å². The molecule has 1 atom stereocenters. The molecule has 3 rings (SSSR count). The maximum atomic E-state index is 6.06. The molecule has 0 fully saturated rings. The SMILES string of the molecule is Nc1cccc(OC(Cc2cc(Cl)cc(Cl)c2)c2ncc[nH]2)n1. The first-order valence-corrected chi connectivity index (χ1v) is 7.69. The first kappa shape index (κ1) is 15.6. The lowest BCUT2D eigenvalue weighted by Gasteiger charge is -2.17. The van der Waals surface area contributed by atoms with Crippen molar-refractivity contribution in [2.24, 2.45) is 0 Å². The van der Waals surface area contributed by atoms with Crippen LogP contribution >= 0.6 is 23.2 Å². The van der Waals surface area contributed by atoms with Crippen LogP contribution in [-0.2, 0) is 6.42 Å². The third kappa shape index (κ3) is 4.15. The average Bonchev–Trinajstić information content (AvgIpc) is 2.99. The number of nitrogen functional groups attached to an aromatic ring is 1. The molecule has 5 nitrogen and oxygen atoms in total. The second-order valence-corrected chi connectivity index (χ2v) is 5.84. The fourth-order valence-corrected chi connectivity index (χ4v) is 2.80. The Kier molecular flexibility index (Phi) is 4.69. The van der Waals surface area contributed by atoms with Crippen LogP contribution in [0.3, 0.4) is 0 Å². The highest BCUT2D eigenvalue weighted by atomic mass is 35.5. The summed E-state index contributed by atoms with van der Waals surface area (Å²) in [6, 6.07) is 10.6. The predicted molar refractivity (Wildman–Crippen MR) is 90.8 cm³/mol. The standard InChI is InChI=1S/C16H14Cl2N4O/c17-11-6-10(7-12(18)9-11)8-13(16-20-4-5-21-16)23-15-3-1-2-14(19)22-15/h1-7,9,13H,8H2,(H2,19,22)(H,20,21). The van der Waals surface area contributed by atoms with Gasteiger partial charge in [0.1, 0.15) is 11.6 Å². The summed E-state index contributed by atoms with van der Waals surface area (Å²) >= 11 is 12.1. The minimum Gasteiger partial charge on any atom is -0.466 e. The van der Waals surface area contributed by atoms with Crippen LogP contribution in [0.5, 0.6) is 5.88 Å². The molecule has 0 aliphatic heterocycles. The fraction of sp³-hybridized carbons (Fsp3) is 0.125. The third-order valence-corrected chi connectivity index (χ3v) is 3.61. The molecule has 2 heterocycles. The highest BCUT2D eigenvalue weighted by molar-refractivity contribution is 6.34. The van der Waals surface area contributed by atoms with E-state index in [0.29, 0.717) is 34.0 Å². The number of rotatable bonds is 5. The zero-order valence-electron chi connectivity index (χ0n) is 12.0. The number of hydrogen-bond acceptors (Lipinski definition) is 4. The van der Waals surface area contributed by atoms with Gasteiger partial charge in [0.25, 0.3) is 0 Å². The van der Waals surface area contributed by atoms with E-state index < -0.39 is 0 Å². The van der Waals surface area contributed by atoms with Gasteiger partial charge < -0.3 is 15.5 Å². The Labute approximate surface area is 143 Å². The molecule has 1 aromatic carbocycles. The van der Waals surface area contributed by atoms with Gasteiger partial charge in [0, 0.05) is 34.9 Å². The van der Waals surface area contributed by atoms with Gasteiger partial charge in [-0.1, -0.05) is 29.3 Å². The minimum absolute atomic E-state index is 0.367. The quantitative estimate of drug-likeness (QED) is 0.728. The predicted octanol–water partition coefficient (Wildman–Crippen LogP) is 4.06. The number of benzene rings is 1. The molecule has 0 aliphatic carbocycles. The maximum absolute atomic E-state index is 6.06. The molecule has 0 radical (unpaired) electrons. The Bertz CT molecular complexity index is 772. The van der Waals surface area contributed by atoms with Gasteiger partial charge in [0.2, 0.25) is 5.88 Å². The summed E-state index contributed by atoms with van der Waals surface area (Å²) in [6.07, 6.45) is 3.57. The van der Waals surface area contributed by atoms with Crippen LogP contribution in [0, 0.1) is 0 Å². The lowest BCUT2D eigenvalue weighted by atomic mass is 10.1. The van der Waals surface area contributed by atoms with Gasteiger partial charge >= 0.3 is 0 Å². The minimum atomic E-state index is -0.367. The monoisotopic (exact) mass is 348 g/mol. The van der Waals surface area contributed by atoms with Crippen LogP contribution in [-0.4, -0.2) is 15.0 Å². The van der Waals surface area contributed by atoms with E-state index in [0.717, 1.165) is 5.56 Å². The fourth-order valence-electron chi connectivity index (χ4n) is 2.23. The molecule has 0 saturated carbocycles. The van der Waals surface area contributed by atoms with Gasteiger partial charge in [-0.05, 0) is 29.8 Å². The highest BCUT2D eigenvalue weighted by Crippen LogP contribution is 2.26. The number of nitrogens with two attached hydrogens (primary N) is 1. The van der Waals surface area contributed by atoms with E-state index in [1.165, 1.54) is 0 Å². The van der Waals surface area contributed by atoms with E-state index in [4.69, 9.17) is 33.7 Å². The summed E-state index contributed by atoms with van der Waals surface area (Å²) in [7, 11) is 0. The van der Waals surface area contributed by atoms with E-state index in [-0.39, 0.29) is 6.10 Å².